The maximum Gasteiger partial charge on any atom is 0.515 e. The van der Waals surface area contributed by atoms with E-state index in [0.29, 0.717) is 29.5 Å². The summed E-state index contributed by atoms with van der Waals surface area (Å²) < 4.78 is 39.9. The molecule has 41 heavy (non-hydrogen) atoms. The van der Waals surface area contributed by atoms with Crippen LogP contribution in [-0.4, -0.2) is 46.4 Å². The van der Waals surface area contributed by atoms with Crippen molar-refractivity contribution in [3.63, 3.8) is 0 Å². The van der Waals surface area contributed by atoms with Crippen molar-refractivity contribution >= 4 is 39.8 Å². The van der Waals surface area contributed by atoms with Crippen molar-refractivity contribution in [3.05, 3.63) is 60.2 Å². The molecule has 2 heterocycles. The van der Waals surface area contributed by atoms with Crippen LogP contribution in [0.4, 0.5) is 4.79 Å². The molecule has 6 rings (SSSR count). The highest BCUT2D eigenvalue weighted by molar-refractivity contribution is 7.00. The highest BCUT2D eigenvalue weighted by Gasteiger charge is 2.27. The molecule has 0 aliphatic heterocycles. The molecule has 1 fully saturated rings. The first kappa shape index (κ1) is 26.9. The summed E-state index contributed by atoms with van der Waals surface area (Å²) in [7, 11) is 3.28. The van der Waals surface area contributed by atoms with Crippen LogP contribution in [0.3, 0.4) is 0 Å². The van der Waals surface area contributed by atoms with Crippen LogP contribution in [0.25, 0.3) is 33.1 Å². The number of hydrogen-bond acceptors (Lipinski definition) is 9. The summed E-state index contributed by atoms with van der Waals surface area (Å²) in [6, 6.07) is 17.5. The van der Waals surface area contributed by atoms with Gasteiger partial charge in [-0.25, -0.2) is 4.79 Å². The average Bonchev–Trinajstić information content (AvgIpc) is 3.73. The normalized spacial score (nSPS) is 13.5. The van der Waals surface area contributed by atoms with Crippen molar-refractivity contribution in [1.29, 1.82) is 0 Å². The molecule has 10 heteroatoms. The first-order valence-corrected chi connectivity index (χ1v) is 14.4. The van der Waals surface area contributed by atoms with Crippen molar-refractivity contribution in [3.8, 4) is 34.3 Å². The predicted octanol–water partition coefficient (Wildman–Crippen LogP) is 7.24. The maximum atomic E-state index is 12.8. The van der Waals surface area contributed by atoms with E-state index < -0.39 is 6.16 Å². The summed E-state index contributed by atoms with van der Waals surface area (Å²) in [6.45, 7) is 2.29. The van der Waals surface area contributed by atoms with Crippen LogP contribution in [0.15, 0.2) is 54.6 Å². The predicted molar refractivity (Wildman–Crippen MR) is 158 cm³/mol. The van der Waals surface area contributed by atoms with Crippen LogP contribution in [0.2, 0.25) is 0 Å². The van der Waals surface area contributed by atoms with Gasteiger partial charge in [-0.1, -0.05) is 24.3 Å². The van der Waals surface area contributed by atoms with E-state index in [1.54, 1.807) is 21.1 Å². The molecule has 0 saturated heterocycles. The Morgan fingerprint density at radius 2 is 1.73 bits per heavy atom. The van der Waals surface area contributed by atoms with Gasteiger partial charge in [0.1, 0.15) is 16.8 Å². The van der Waals surface area contributed by atoms with Crippen LogP contribution in [-0.2, 0) is 11.3 Å². The molecule has 0 bridgehead atoms. The standard InChI is InChI=1S/C31H31N3O6S/c1-4-38-31(35)40-30-29(19-13-14-23-24(15-19)33-41-32-23)22-16-27(37-3)28(39-21-10-6-7-11-21)17-25(22)34(30)18-20-9-5-8-12-26(20)36-2/h5,8-9,12-17,21H,4,6-7,10-11,18H2,1-3H3. The summed E-state index contributed by atoms with van der Waals surface area (Å²) in [5.74, 6) is 2.33. The number of ether oxygens (including phenoxy) is 5. The zero-order valence-electron chi connectivity index (χ0n) is 23.2. The number of para-hydroxylation sites is 1. The van der Waals surface area contributed by atoms with E-state index in [4.69, 9.17) is 23.7 Å². The molecule has 0 amide bonds. The number of hydrogen-bond donors (Lipinski definition) is 0. The highest BCUT2D eigenvalue weighted by Crippen LogP contribution is 2.46. The third-order valence-electron chi connectivity index (χ3n) is 7.40. The lowest BCUT2D eigenvalue weighted by Crippen LogP contribution is -2.14. The van der Waals surface area contributed by atoms with E-state index in [1.165, 1.54) is 0 Å². The molecule has 5 aromatic rings. The fourth-order valence-corrected chi connectivity index (χ4v) is 6.00. The Balaban J connectivity index is 1.62. The van der Waals surface area contributed by atoms with Gasteiger partial charge >= 0.3 is 6.16 Å². The van der Waals surface area contributed by atoms with Crippen LogP contribution in [0.1, 0.15) is 38.2 Å². The Bertz CT molecular complexity index is 1710. The second-order valence-corrected chi connectivity index (χ2v) is 10.4. The summed E-state index contributed by atoms with van der Waals surface area (Å²) in [6.07, 6.45) is 3.66. The topological polar surface area (TPSA) is 93.9 Å². The number of rotatable bonds is 9. The summed E-state index contributed by atoms with van der Waals surface area (Å²) >= 11 is 1.15. The second-order valence-electron chi connectivity index (χ2n) is 9.88. The first-order chi connectivity index (χ1) is 20.1. The van der Waals surface area contributed by atoms with Gasteiger partial charge in [0.2, 0.25) is 5.88 Å². The van der Waals surface area contributed by atoms with E-state index in [1.807, 2.05) is 59.2 Å². The summed E-state index contributed by atoms with van der Waals surface area (Å²) in [5.41, 5.74) is 4.82. The van der Waals surface area contributed by atoms with Crippen molar-refractivity contribution in [2.45, 2.75) is 45.3 Å². The molecule has 9 nitrogen and oxygen atoms in total. The maximum absolute atomic E-state index is 12.8. The van der Waals surface area contributed by atoms with Crippen LogP contribution >= 0.6 is 11.7 Å². The van der Waals surface area contributed by atoms with Crippen molar-refractivity contribution < 1.29 is 28.5 Å². The lowest BCUT2D eigenvalue weighted by Gasteiger charge is -2.17. The fraction of sp³-hybridized carbons (Fsp3) is 0.323. The zero-order valence-corrected chi connectivity index (χ0v) is 24.0. The average molecular weight is 574 g/mol. The van der Waals surface area contributed by atoms with Crippen LogP contribution in [0.5, 0.6) is 23.1 Å². The molecule has 0 N–H and O–H groups in total. The van der Waals surface area contributed by atoms with Gasteiger partial charge in [0.05, 0.1) is 56.3 Å². The number of nitrogens with zero attached hydrogens (tertiary/aromatic N) is 3. The third-order valence-corrected chi connectivity index (χ3v) is 7.96. The Kier molecular flexibility index (Phi) is 7.65. The number of aromatic nitrogens is 3. The molecular weight excluding hydrogens is 542 g/mol. The van der Waals surface area contributed by atoms with Crippen molar-refractivity contribution in [2.75, 3.05) is 20.8 Å². The van der Waals surface area contributed by atoms with E-state index >= 15 is 0 Å². The summed E-state index contributed by atoms with van der Waals surface area (Å²) in [5, 5.41) is 0.831. The fourth-order valence-electron chi connectivity index (χ4n) is 5.48. The first-order valence-electron chi connectivity index (χ1n) is 13.7. The molecule has 0 unspecified atom stereocenters. The second kappa shape index (κ2) is 11.7. The number of methoxy groups -OCH3 is 2. The molecule has 1 saturated carbocycles. The van der Waals surface area contributed by atoms with Crippen molar-refractivity contribution in [2.24, 2.45) is 0 Å². The number of benzene rings is 3. The number of fused-ring (bicyclic) bond motifs is 2. The zero-order chi connectivity index (χ0) is 28.3. The monoisotopic (exact) mass is 573 g/mol. The molecule has 2 aromatic heterocycles. The Morgan fingerprint density at radius 3 is 2.51 bits per heavy atom. The van der Waals surface area contributed by atoms with E-state index in [0.717, 1.165) is 76.2 Å². The van der Waals surface area contributed by atoms with Gasteiger partial charge in [-0.05, 0) is 62.4 Å². The molecule has 3 aromatic carbocycles. The molecule has 1 aliphatic rings. The van der Waals surface area contributed by atoms with E-state index in [-0.39, 0.29) is 12.7 Å². The SMILES string of the molecule is CCOC(=O)Oc1c(-c2ccc3nsnc3c2)c2cc(OC)c(OC3CCCC3)cc2n1Cc1ccccc1OC. The van der Waals surface area contributed by atoms with Crippen molar-refractivity contribution in [1.82, 2.24) is 13.3 Å². The largest absolute Gasteiger partial charge is 0.515 e. The van der Waals surface area contributed by atoms with Crippen LogP contribution in [0, 0.1) is 0 Å². The highest BCUT2D eigenvalue weighted by atomic mass is 32.1. The van der Waals surface area contributed by atoms with E-state index in [9.17, 15) is 4.79 Å². The Hall–Kier alpha value is -4.31. The minimum absolute atomic E-state index is 0.133. The number of carbonyl (C=O) groups is 1. The third kappa shape index (κ3) is 5.27. The summed E-state index contributed by atoms with van der Waals surface area (Å²) in [4.78, 5) is 12.8. The van der Waals surface area contributed by atoms with Gasteiger partial charge < -0.3 is 28.3 Å². The minimum atomic E-state index is -0.788. The lowest BCUT2D eigenvalue weighted by atomic mass is 10.0. The van der Waals surface area contributed by atoms with Gasteiger partial charge in [-0.15, -0.1) is 0 Å². The van der Waals surface area contributed by atoms with E-state index in [2.05, 4.69) is 8.75 Å². The van der Waals surface area contributed by atoms with Crippen LogP contribution < -0.4 is 18.9 Å². The molecule has 1 aliphatic carbocycles. The molecular formula is C31H31N3O6S. The Morgan fingerprint density at radius 1 is 0.951 bits per heavy atom. The molecule has 212 valence electrons. The smallest absolute Gasteiger partial charge is 0.496 e. The minimum Gasteiger partial charge on any atom is -0.496 e. The molecule has 0 radical (unpaired) electrons. The van der Waals surface area contributed by atoms with Gasteiger partial charge in [0.25, 0.3) is 0 Å². The van der Waals surface area contributed by atoms with Gasteiger partial charge in [0, 0.05) is 17.0 Å². The Labute approximate surface area is 241 Å². The molecule has 0 spiro atoms. The quantitative estimate of drug-likeness (QED) is 0.170. The van der Waals surface area contributed by atoms with Gasteiger partial charge in [0.15, 0.2) is 11.5 Å². The lowest BCUT2D eigenvalue weighted by molar-refractivity contribution is 0.101. The van der Waals surface area contributed by atoms with Gasteiger partial charge in [-0.3, -0.25) is 0 Å². The van der Waals surface area contributed by atoms with Gasteiger partial charge in [-0.2, -0.15) is 8.75 Å². The molecule has 0 atom stereocenters. The number of carbonyl (C=O) groups excluding carboxylic acids is 1.